The molecule has 0 heterocycles. The Kier molecular flexibility index (Phi) is 19.1. The van der Waals surface area contributed by atoms with Crippen LogP contribution in [0.25, 0.3) is 24.3 Å². The quantitative estimate of drug-likeness (QED) is 0.0490. The van der Waals surface area contributed by atoms with Crippen molar-refractivity contribution in [1.82, 2.24) is 0 Å². The van der Waals surface area contributed by atoms with E-state index in [1.165, 1.54) is 48.6 Å². The van der Waals surface area contributed by atoms with Gasteiger partial charge in [0.15, 0.2) is 11.3 Å². The van der Waals surface area contributed by atoms with Gasteiger partial charge in [-0.1, -0.05) is 36.4 Å². The van der Waals surface area contributed by atoms with Crippen molar-refractivity contribution in [2.24, 2.45) is 31.9 Å². The minimum atomic E-state index is -4.95. The molecule has 4 radical (unpaired) electrons. The van der Waals surface area contributed by atoms with E-state index < -0.39 is 82.9 Å². The van der Waals surface area contributed by atoms with Crippen LogP contribution < -0.4 is 11.5 Å². The Balaban J connectivity index is 0.00000331. The summed E-state index contributed by atoms with van der Waals surface area (Å²) in [7, 11) is -19.1. The molecule has 0 aliphatic heterocycles. The second kappa shape index (κ2) is 21.0. The van der Waals surface area contributed by atoms with Gasteiger partial charge in [0.2, 0.25) is 0 Å². The summed E-state index contributed by atoms with van der Waals surface area (Å²) in [6.45, 7) is 0. The van der Waals surface area contributed by atoms with E-state index in [1.54, 1.807) is 0 Å². The van der Waals surface area contributed by atoms with Crippen molar-refractivity contribution < 1.29 is 62.1 Å². The van der Waals surface area contributed by atoms with Crippen LogP contribution in [0, 0.1) is 0 Å². The van der Waals surface area contributed by atoms with E-state index in [2.05, 4.69) is 20.5 Å². The van der Waals surface area contributed by atoms with Crippen LogP contribution >= 0.6 is 0 Å². The maximum Gasteiger partial charge on any atom is 0.295 e. The Morgan fingerprint density at radius 3 is 1.16 bits per heavy atom. The molecule has 2 aliphatic carbocycles. The number of fused-ring (bicyclic) bond motifs is 2. The first kappa shape index (κ1) is 56.6. The van der Waals surface area contributed by atoms with Crippen LogP contribution in [-0.2, 0) is 53.3 Å². The van der Waals surface area contributed by atoms with Crippen molar-refractivity contribution in [2.75, 3.05) is 0 Å². The molecule has 308 valence electrons. The molecule has 0 bridgehead atoms. The Bertz CT molecular complexity index is 2840. The van der Waals surface area contributed by atoms with Crippen LogP contribution in [0.15, 0.2) is 113 Å². The van der Waals surface area contributed by atoms with Gasteiger partial charge >= 0.3 is 0 Å². The smallest absolute Gasteiger partial charge is 0.295 e. The molecule has 10 N–H and O–H groups in total. The molecule has 28 heteroatoms. The third-order valence-corrected chi connectivity index (χ3v) is 12.3. The van der Waals surface area contributed by atoms with Gasteiger partial charge in [-0.15, -0.1) is 0 Å². The molecule has 4 aromatic rings. The summed E-state index contributed by atoms with van der Waals surface area (Å²) in [5.41, 5.74) is 9.74. The van der Waals surface area contributed by atoms with Crippen LogP contribution in [0.5, 0.6) is 11.5 Å². The Morgan fingerprint density at radius 1 is 0.516 bits per heavy atom. The summed E-state index contributed by atoms with van der Waals surface area (Å²) < 4.78 is 134. The number of aromatic hydroxyl groups is 2. The molecule has 0 spiro atoms. The number of phenolic OH excluding ortho intramolecular Hbond substituents is 2. The summed E-state index contributed by atoms with van der Waals surface area (Å²) in [6, 6.07) is 10.8. The Labute approximate surface area is 444 Å². The monoisotopic (exact) mass is 966 g/mol. The zero-order valence-corrected chi connectivity index (χ0v) is 44.4. The fraction of sp³-hybridized carbons (Fsp3) is 0.118. The number of hydrogen-bond donors (Lipinski definition) is 8. The average molecular weight is 967 g/mol. The fourth-order valence-electron chi connectivity index (χ4n) is 5.95. The topological polar surface area (TPSA) is 359 Å². The fourth-order valence-corrected chi connectivity index (χ4v) is 8.43. The summed E-state index contributed by atoms with van der Waals surface area (Å²) in [5.74, 6) is -0.977. The molecule has 0 fully saturated rings. The van der Waals surface area contributed by atoms with Gasteiger partial charge in [-0.3, -0.25) is 18.2 Å². The van der Waals surface area contributed by atoms with Crippen molar-refractivity contribution in [3.8, 4) is 11.5 Å². The molecule has 2 unspecified atom stereocenters. The van der Waals surface area contributed by atoms with E-state index >= 15 is 0 Å². The summed E-state index contributed by atoms with van der Waals surface area (Å²) in [6.07, 6.45) is 7.26. The predicted molar refractivity (Wildman–Crippen MR) is 229 cm³/mol. The number of nitrogens with two attached hydrogens (primary N) is 2. The van der Waals surface area contributed by atoms with Crippen LogP contribution in [0.1, 0.15) is 33.4 Å². The zero-order chi connectivity index (χ0) is 42.6. The van der Waals surface area contributed by atoms with Crippen molar-refractivity contribution in [3.63, 3.8) is 0 Å². The largest absolute Gasteiger partial charge is 0.508 e. The molecule has 6 rings (SSSR count). The molecular formula is C34H30N6Na4O14S4. The molecule has 2 aliphatic rings. The summed E-state index contributed by atoms with van der Waals surface area (Å²) >= 11 is 0. The van der Waals surface area contributed by atoms with E-state index in [-0.39, 0.29) is 176 Å². The van der Waals surface area contributed by atoms with Crippen LogP contribution in [-0.4, -0.2) is 192 Å². The number of azo groups is 2. The van der Waals surface area contributed by atoms with Gasteiger partial charge in [-0.2, -0.15) is 54.1 Å². The van der Waals surface area contributed by atoms with E-state index in [1.807, 2.05) is 0 Å². The summed E-state index contributed by atoms with van der Waals surface area (Å²) in [5, 5.41) is 36.8. The van der Waals surface area contributed by atoms with Gasteiger partial charge < -0.3 is 21.7 Å². The molecule has 0 saturated heterocycles. The molecule has 2 atom stereocenters. The Hall–Kier alpha value is -1.54. The number of phenols is 2. The van der Waals surface area contributed by atoms with Crippen LogP contribution in [0.4, 0.5) is 11.4 Å². The molecule has 20 nitrogen and oxygen atoms in total. The third-order valence-electron chi connectivity index (χ3n) is 8.78. The van der Waals surface area contributed by atoms with Crippen molar-refractivity contribution in [2.45, 2.75) is 43.7 Å². The molecule has 62 heavy (non-hydrogen) atoms. The van der Waals surface area contributed by atoms with E-state index in [0.29, 0.717) is 0 Å². The van der Waals surface area contributed by atoms with Crippen LogP contribution in [0.3, 0.4) is 0 Å². The number of nitrogens with zero attached hydrogens (tertiary/aromatic N) is 4. The van der Waals surface area contributed by atoms with Gasteiger partial charge in [0.25, 0.3) is 40.5 Å². The van der Waals surface area contributed by atoms with Gasteiger partial charge in [0.05, 0.1) is 21.2 Å². The normalized spacial score (nSPS) is 18.6. The molecule has 0 amide bonds. The molecule has 0 aromatic heterocycles. The first-order chi connectivity index (χ1) is 26.7. The van der Waals surface area contributed by atoms with E-state index in [0.717, 1.165) is 48.6 Å². The standard InChI is InChI=1S/C34H30N6O14S4.4Na/c35-33(9-7-21-11-25(55(43,44)45)15-29(41)27(21)17-33)39-37-23-5-3-19(31(13-23)57(49,50)51)1-2-20-4-6-24(14-32(20)58(52,53)54)38-40-34(36)10-8-22-12-26(56(46,47)48)16-30(42)28(22)18-34;;;;/h1-16,41-42H,17-18,35-36H2,(H,43,44,45)(H,46,47,48)(H,49,50,51)(H,52,53,54);;;;. The maximum atomic E-state index is 12.4. The molecule has 0 saturated carbocycles. The predicted octanol–water partition coefficient (Wildman–Crippen LogP) is 2.75. The number of rotatable bonds is 10. The van der Waals surface area contributed by atoms with Gasteiger partial charge in [0, 0.05) is 154 Å². The van der Waals surface area contributed by atoms with E-state index in [4.69, 9.17) is 11.5 Å². The van der Waals surface area contributed by atoms with Gasteiger partial charge in [0.1, 0.15) is 21.3 Å². The number of benzene rings is 4. The average Bonchev–Trinajstić information content (AvgIpc) is 3.11. The summed E-state index contributed by atoms with van der Waals surface area (Å²) in [4.78, 5) is -2.45. The zero-order valence-electron chi connectivity index (χ0n) is 33.2. The van der Waals surface area contributed by atoms with Gasteiger partial charge in [-0.25, -0.2) is 0 Å². The SMILES string of the molecule is NC1(N=Nc2ccc(C=Cc3ccc(N=NC4(N)C=Cc5cc(S(=O)(=O)O)cc(O)c5C4)cc3S(=O)(=O)O)c(S(=O)(=O)O)c2)C=Cc2cc(S(=O)(=O)O)cc(O)c2C1.[Na].[Na].[Na].[Na]. The van der Waals surface area contributed by atoms with Crippen LogP contribution in [0.2, 0.25) is 0 Å². The molecular weight excluding hydrogens is 937 g/mol. The second-order valence-electron chi connectivity index (χ2n) is 13.1. The second-order valence-corrected chi connectivity index (χ2v) is 18.7. The number of hydrogen-bond acceptors (Lipinski definition) is 16. The molecule has 4 aromatic carbocycles. The van der Waals surface area contributed by atoms with E-state index in [9.17, 15) is 62.1 Å². The Morgan fingerprint density at radius 2 is 0.855 bits per heavy atom. The third kappa shape index (κ3) is 13.5. The van der Waals surface area contributed by atoms with Crippen molar-refractivity contribution >= 4 is 194 Å². The first-order valence-corrected chi connectivity index (χ1v) is 21.9. The minimum Gasteiger partial charge on any atom is -0.508 e. The maximum absolute atomic E-state index is 12.4. The first-order valence-electron chi connectivity index (χ1n) is 16.1. The van der Waals surface area contributed by atoms with Gasteiger partial charge in [-0.05, 0) is 70.8 Å². The van der Waals surface area contributed by atoms with Crippen molar-refractivity contribution in [1.29, 1.82) is 0 Å². The van der Waals surface area contributed by atoms with Crippen molar-refractivity contribution in [3.05, 3.63) is 106 Å². The minimum absolute atomic E-state index is 0.